The van der Waals surface area contributed by atoms with E-state index in [4.69, 9.17) is 4.74 Å². The summed E-state index contributed by atoms with van der Waals surface area (Å²) in [6.07, 6.45) is 0.954. The Morgan fingerprint density at radius 2 is 2.00 bits per heavy atom. The van der Waals surface area contributed by atoms with Crippen molar-refractivity contribution in [3.63, 3.8) is 0 Å². The maximum atomic E-state index is 5.61. The number of aromatic nitrogens is 2. The van der Waals surface area contributed by atoms with Crippen LogP contribution in [0.4, 0.5) is 0 Å². The van der Waals surface area contributed by atoms with Crippen molar-refractivity contribution in [3.05, 3.63) is 47.3 Å². The highest BCUT2D eigenvalue weighted by atomic mass is 16.5. The lowest BCUT2D eigenvalue weighted by Crippen LogP contribution is -2.37. The lowest BCUT2D eigenvalue weighted by molar-refractivity contribution is 0.108. The summed E-state index contributed by atoms with van der Waals surface area (Å²) in [5.74, 6) is 1.37. The molecule has 1 aromatic carbocycles. The lowest BCUT2D eigenvalue weighted by atomic mass is 10.1. The van der Waals surface area contributed by atoms with Crippen LogP contribution in [0.1, 0.15) is 37.2 Å². The average molecular weight is 372 g/mol. The zero-order valence-corrected chi connectivity index (χ0v) is 17.2. The molecule has 2 rings (SSSR count). The van der Waals surface area contributed by atoms with E-state index in [0.717, 1.165) is 49.2 Å². The van der Waals surface area contributed by atoms with Crippen molar-refractivity contribution >= 4 is 5.96 Å². The van der Waals surface area contributed by atoms with Gasteiger partial charge in [0, 0.05) is 39.0 Å². The molecule has 148 valence electrons. The molecular formula is C21H33N5O. The molecule has 0 saturated heterocycles. The second-order valence-corrected chi connectivity index (χ2v) is 7.14. The van der Waals surface area contributed by atoms with Crippen molar-refractivity contribution in [1.82, 2.24) is 20.4 Å². The van der Waals surface area contributed by atoms with Crippen LogP contribution < -0.4 is 10.6 Å². The summed E-state index contributed by atoms with van der Waals surface area (Å²) >= 11 is 0. The minimum atomic E-state index is 0.578. The Labute approximate surface area is 163 Å². The van der Waals surface area contributed by atoms with Crippen molar-refractivity contribution in [1.29, 1.82) is 0 Å². The molecule has 0 fully saturated rings. The Bertz CT molecular complexity index is 736. The fourth-order valence-corrected chi connectivity index (χ4v) is 2.84. The van der Waals surface area contributed by atoms with Gasteiger partial charge in [-0.2, -0.15) is 5.10 Å². The topological polar surface area (TPSA) is 63.5 Å². The minimum Gasteiger partial charge on any atom is -0.381 e. The van der Waals surface area contributed by atoms with E-state index >= 15 is 0 Å². The summed E-state index contributed by atoms with van der Waals surface area (Å²) < 4.78 is 7.60. The van der Waals surface area contributed by atoms with Gasteiger partial charge in [0.2, 0.25) is 0 Å². The number of para-hydroxylation sites is 1. The Hall–Kier alpha value is -2.34. The van der Waals surface area contributed by atoms with Gasteiger partial charge in [-0.3, -0.25) is 4.99 Å². The van der Waals surface area contributed by atoms with E-state index in [9.17, 15) is 0 Å². The highest BCUT2D eigenvalue weighted by molar-refractivity contribution is 5.79. The molecule has 1 heterocycles. The Balaban J connectivity index is 1.87. The molecular weight excluding hydrogens is 338 g/mol. The lowest BCUT2D eigenvalue weighted by Gasteiger charge is -2.15. The summed E-state index contributed by atoms with van der Waals surface area (Å²) in [6, 6.07) is 10.4. The van der Waals surface area contributed by atoms with Crippen molar-refractivity contribution in [3.8, 4) is 5.69 Å². The molecule has 0 bridgehead atoms. The Kier molecular flexibility index (Phi) is 8.33. The molecule has 0 spiro atoms. The summed E-state index contributed by atoms with van der Waals surface area (Å²) in [7, 11) is 1.79. The first-order valence-electron chi connectivity index (χ1n) is 9.65. The summed E-state index contributed by atoms with van der Waals surface area (Å²) in [4.78, 5) is 4.30. The maximum Gasteiger partial charge on any atom is 0.191 e. The van der Waals surface area contributed by atoms with Gasteiger partial charge < -0.3 is 15.4 Å². The van der Waals surface area contributed by atoms with Crippen LogP contribution in [0, 0.1) is 19.8 Å². The van der Waals surface area contributed by atoms with E-state index < -0.39 is 0 Å². The van der Waals surface area contributed by atoms with Gasteiger partial charge in [0.25, 0.3) is 0 Å². The molecule has 6 nitrogen and oxygen atoms in total. The first-order valence-corrected chi connectivity index (χ1v) is 9.65. The second-order valence-electron chi connectivity index (χ2n) is 7.14. The SMILES string of the molecule is CN=C(NCCCOCC(C)C)NCc1ccccc1-n1nc(C)cc1C. The Morgan fingerprint density at radius 3 is 2.67 bits per heavy atom. The van der Waals surface area contributed by atoms with Crippen molar-refractivity contribution in [2.45, 2.75) is 40.7 Å². The largest absolute Gasteiger partial charge is 0.381 e. The average Bonchev–Trinajstić information content (AvgIpc) is 2.98. The molecule has 0 aliphatic heterocycles. The molecule has 6 heteroatoms. The molecule has 0 atom stereocenters. The Morgan fingerprint density at radius 1 is 1.22 bits per heavy atom. The number of ether oxygens (including phenoxy) is 1. The third-order valence-electron chi connectivity index (χ3n) is 4.11. The molecule has 2 N–H and O–H groups in total. The van der Waals surface area contributed by atoms with Crippen molar-refractivity contribution in [2.75, 3.05) is 26.8 Å². The van der Waals surface area contributed by atoms with Gasteiger partial charge in [0.15, 0.2) is 5.96 Å². The number of aliphatic imine (C=N–C) groups is 1. The van der Waals surface area contributed by atoms with E-state index in [0.29, 0.717) is 12.5 Å². The van der Waals surface area contributed by atoms with Crippen LogP contribution in [0.25, 0.3) is 5.69 Å². The normalized spacial score (nSPS) is 11.9. The third kappa shape index (κ3) is 6.71. The zero-order chi connectivity index (χ0) is 19.6. The number of benzene rings is 1. The molecule has 0 radical (unpaired) electrons. The van der Waals surface area contributed by atoms with Crippen LogP contribution in [-0.2, 0) is 11.3 Å². The molecule has 0 unspecified atom stereocenters. The molecule has 27 heavy (non-hydrogen) atoms. The van der Waals surface area contributed by atoms with E-state index in [1.54, 1.807) is 7.05 Å². The summed E-state index contributed by atoms with van der Waals surface area (Å²) in [5.41, 5.74) is 4.41. The van der Waals surface area contributed by atoms with Crippen LogP contribution in [-0.4, -0.2) is 42.5 Å². The number of guanidine groups is 1. The van der Waals surface area contributed by atoms with E-state index in [1.807, 2.05) is 17.7 Å². The van der Waals surface area contributed by atoms with Crippen LogP contribution in [0.3, 0.4) is 0 Å². The molecule has 2 aromatic rings. The number of rotatable bonds is 9. The van der Waals surface area contributed by atoms with E-state index in [1.165, 1.54) is 5.56 Å². The van der Waals surface area contributed by atoms with Gasteiger partial charge in [-0.05, 0) is 43.9 Å². The number of nitrogens with one attached hydrogen (secondary N) is 2. The maximum absolute atomic E-state index is 5.61. The van der Waals surface area contributed by atoms with Gasteiger partial charge in [0.1, 0.15) is 0 Å². The monoisotopic (exact) mass is 371 g/mol. The third-order valence-corrected chi connectivity index (χ3v) is 4.11. The van der Waals surface area contributed by atoms with E-state index in [2.05, 4.69) is 65.8 Å². The highest BCUT2D eigenvalue weighted by Crippen LogP contribution is 2.16. The fourth-order valence-electron chi connectivity index (χ4n) is 2.84. The zero-order valence-electron chi connectivity index (χ0n) is 17.2. The number of hydrogen-bond acceptors (Lipinski definition) is 3. The minimum absolute atomic E-state index is 0.578. The fraction of sp³-hybridized carbons (Fsp3) is 0.524. The molecule has 0 aliphatic carbocycles. The van der Waals surface area contributed by atoms with Crippen molar-refractivity contribution < 1.29 is 4.74 Å². The van der Waals surface area contributed by atoms with Gasteiger partial charge in [-0.15, -0.1) is 0 Å². The first-order chi connectivity index (χ1) is 13.0. The van der Waals surface area contributed by atoms with Gasteiger partial charge >= 0.3 is 0 Å². The predicted octanol–water partition coefficient (Wildman–Crippen LogP) is 3.22. The predicted molar refractivity (Wildman–Crippen MR) is 112 cm³/mol. The van der Waals surface area contributed by atoms with Crippen LogP contribution >= 0.6 is 0 Å². The van der Waals surface area contributed by atoms with Gasteiger partial charge in [-0.1, -0.05) is 32.0 Å². The van der Waals surface area contributed by atoms with Crippen LogP contribution in [0.15, 0.2) is 35.3 Å². The number of aryl methyl sites for hydroxylation is 2. The summed E-state index contributed by atoms with van der Waals surface area (Å²) in [6.45, 7) is 11.5. The molecule has 0 amide bonds. The first kappa shape index (κ1) is 21.0. The molecule has 0 saturated carbocycles. The van der Waals surface area contributed by atoms with Gasteiger partial charge in [0.05, 0.1) is 11.4 Å². The number of nitrogens with zero attached hydrogens (tertiary/aromatic N) is 3. The van der Waals surface area contributed by atoms with E-state index in [-0.39, 0.29) is 0 Å². The van der Waals surface area contributed by atoms with Crippen LogP contribution in [0.5, 0.6) is 0 Å². The van der Waals surface area contributed by atoms with Crippen LogP contribution in [0.2, 0.25) is 0 Å². The molecule has 0 aliphatic rings. The van der Waals surface area contributed by atoms with Gasteiger partial charge in [-0.25, -0.2) is 4.68 Å². The number of hydrogen-bond donors (Lipinski definition) is 2. The summed E-state index contributed by atoms with van der Waals surface area (Å²) in [5, 5.41) is 11.3. The quantitative estimate of drug-likeness (QED) is 0.404. The second kappa shape index (κ2) is 10.7. The highest BCUT2D eigenvalue weighted by Gasteiger charge is 2.09. The smallest absolute Gasteiger partial charge is 0.191 e. The van der Waals surface area contributed by atoms with Crippen molar-refractivity contribution in [2.24, 2.45) is 10.9 Å². The standard InChI is InChI=1S/C21H33N5O/c1-16(2)15-27-12-8-11-23-21(22-5)24-14-19-9-6-7-10-20(19)26-18(4)13-17(3)25-26/h6-7,9-10,13,16H,8,11-12,14-15H2,1-5H3,(H2,22,23,24). The molecule has 1 aromatic heterocycles.